The number of rotatable bonds is 4. The average Bonchev–Trinajstić information content (AvgIpc) is 2.44. The summed E-state index contributed by atoms with van der Waals surface area (Å²) in [5, 5.41) is 14.7. The van der Waals surface area contributed by atoms with Gasteiger partial charge in [-0.2, -0.15) is 4.73 Å². The van der Waals surface area contributed by atoms with Gasteiger partial charge < -0.3 is 10.5 Å². The molecule has 1 unspecified atom stereocenters. The molecule has 0 aromatic carbocycles. The fourth-order valence-corrected chi connectivity index (χ4v) is 2.38. The highest BCUT2D eigenvalue weighted by Crippen LogP contribution is 2.20. The number of nitrogens with zero attached hydrogens (tertiary/aromatic N) is 2. The minimum absolute atomic E-state index is 0.228. The molecule has 104 valence electrons. The highest BCUT2D eigenvalue weighted by atomic mass is 35.5. The van der Waals surface area contributed by atoms with E-state index in [1.807, 2.05) is 0 Å². The number of amides is 1. The zero-order valence-corrected chi connectivity index (χ0v) is 12.2. The molecule has 1 N–H and O–H groups in total. The Morgan fingerprint density at radius 3 is 2.90 bits per heavy atom. The maximum absolute atomic E-state index is 12.0. The summed E-state index contributed by atoms with van der Waals surface area (Å²) in [7, 11) is 0. The lowest BCUT2D eigenvalue weighted by atomic mass is 10.4. The van der Waals surface area contributed by atoms with Crippen LogP contribution in [0.4, 0.5) is 5.82 Å². The highest BCUT2D eigenvalue weighted by molar-refractivity contribution is 8.00. The number of thioether (sulfide) groups is 1. The molecule has 0 bridgehead atoms. The van der Waals surface area contributed by atoms with E-state index in [4.69, 9.17) is 11.6 Å². The molecule has 0 fully saturated rings. The van der Waals surface area contributed by atoms with Gasteiger partial charge in [-0.3, -0.25) is 4.79 Å². The van der Waals surface area contributed by atoms with Crippen molar-refractivity contribution in [2.24, 2.45) is 0 Å². The molecule has 20 heavy (non-hydrogen) atoms. The van der Waals surface area contributed by atoms with Crippen LogP contribution >= 0.6 is 23.4 Å². The van der Waals surface area contributed by atoms with Crippen LogP contribution in [-0.2, 0) is 4.79 Å². The van der Waals surface area contributed by atoms with E-state index in [0.29, 0.717) is 15.9 Å². The molecule has 2 aromatic rings. The van der Waals surface area contributed by atoms with Crippen LogP contribution in [-0.4, -0.2) is 16.1 Å². The zero-order chi connectivity index (χ0) is 14.5. The Balaban J connectivity index is 1.99. The normalized spacial score (nSPS) is 11.9. The quantitative estimate of drug-likeness (QED) is 0.535. The first-order chi connectivity index (χ1) is 9.56. The van der Waals surface area contributed by atoms with Gasteiger partial charge >= 0.3 is 0 Å². The Bertz CT molecular complexity index is 607. The Kier molecular flexibility index (Phi) is 4.81. The number of nitrogens with one attached hydrogen (secondary N) is 1. The van der Waals surface area contributed by atoms with E-state index < -0.39 is 5.25 Å². The fraction of sp³-hybridized carbons (Fsp3) is 0.154. The van der Waals surface area contributed by atoms with Crippen molar-refractivity contribution >= 4 is 35.1 Å². The molecule has 0 saturated carbocycles. The van der Waals surface area contributed by atoms with Crippen molar-refractivity contribution in [1.82, 2.24) is 4.98 Å². The molecule has 2 aromatic heterocycles. The second-order valence-electron chi connectivity index (χ2n) is 3.98. The minimum atomic E-state index is -0.421. The SMILES string of the molecule is CC(Sc1cccc[n+]1[O-])C(=O)Nc1ccc(Cl)cn1. The summed E-state index contributed by atoms with van der Waals surface area (Å²) in [4.78, 5) is 16.0. The highest BCUT2D eigenvalue weighted by Gasteiger charge is 2.18. The predicted molar refractivity (Wildman–Crippen MR) is 78.6 cm³/mol. The third-order valence-electron chi connectivity index (χ3n) is 2.43. The molecule has 5 nitrogen and oxygen atoms in total. The summed E-state index contributed by atoms with van der Waals surface area (Å²) in [6, 6.07) is 8.32. The van der Waals surface area contributed by atoms with Crippen molar-refractivity contribution in [3.05, 3.63) is 53.0 Å². The Morgan fingerprint density at radius 2 is 2.25 bits per heavy atom. The van der Waals surface area contributed by atoms with Crippen LogP contribution in [0.25, 0.3) is 0 Å². The first-order valence-electron chi connectivity index (χ1n) is 5.83. The van der Waals surface area contributed by atoms with Crippen LogP contribution in [0.1, 0.15) is 6.92 Å². The van der Waals surface area contributed by atoms with Gasteiger partial charge in [0, 0.05) is 18.3 Å². The van der Waals surface area contributed by atoms with Gasteiger partial charge in [0.2, 0.25) is 5.91 Å². The first-order valence-corrected chi connectivity index (χ1v) is 7.09. The van der Waals surface area contributed by atoms with Gasteiger partial charge in [0.1, 0.15) is 5.82 Å². The molecule has 0 aliphatic rings. The number of hydrogen-bond donors (Lipinski definition) is 1. The largest absolute Gasteiger partial charge is 0.618 e. The lowest BCUT2D eigenvalue weighted by Gasteiger charge is -2.11. The maximum atomic E-state index is 12.0. The third-order valence-corrected chi connectivity index (χ3v) is 3.78. The number of aromatic nitrogens is 2. The van der Waals surface area contributed by atoms with E-state index in [-0.39, 0.29) is 5.91 Å². The predicted octanol–water partition coefficient (Wildman–Crippen LogP) is 2.49. The van der Waals surface area contributed by atoms with Gasteiger partial charge in [0.25, 0.3) is 5.03 Å². The number of hydrogen-bond acceptors (Lipinski definition) is 4. The van der Waals surface area contributed by atoms with Gasteiger partial charge in [0.05, 0.1) is 10.3 Å². The molecule has 0 aliphatic carbocycles. The lowest BCUT2D eigenvalue weighted by Crippen LogP contribution is -2.30. The number of anilines is 1. The summed E-state index contributed by atoms with van der Waals surface area (Å²) in [6.07, 6.45) is 2.85. The monoisotopic (exact) mass is 309 g/mol. The molecular formula is C13H12ClN3O2S. The average molecular weight is 310 g/mol. The van der Waals surface area contributed by atoms with Gasteiger partial charge in [-0.05, 0) is 36.9 Å². The summed E-state index contributed by atoms with van der Waals surface area (Å²) in [5.41, 5.74) is 0. The van der Waals surface area contributed by atoms with Crippen LogP contribution in [0.15, 0.2) is 47.8 Å². The van der Waals surface area contributed by atoms with Crippen LogP contribution in [0.2, 0.25) is 5.02 Å². The number of carbonyl (C=O) groups excluding carboxylic acids is 1. The molecular weight excluding hydrogens is 298 g/mol. The summed E-state index contributed by atoms with van der Waals surface area (Å²) in [5.74, 6) is 0.198. The molecule has 1 amide bonds. The van der Waals surface area contributed by atoms with Crippen molar-refractivity contribution in [1.29, 1.82) is 0 Å². The zero-order valence-electron chi connectivity index (χ0n) is 10.6. The third kappa shape index (κ3) is 3.85. The van der Waals surface area contributed by atoms with Crippen LogP contribution in [0.3, 0.4) is 0 Å². The summed E-state index contributed by atoms with van der Waals surface area (Å²) < 4.78 is 0.731. The molecule has 0 aliphatic heterocycles. The van der Waals surface area contributed by atoms with Gasteiger partial charge in [0.15, 0.2) is 6.20 Å². The van der Waals surface area contributed by atoms with Crippen LogP contribution in [0.5, 0.6) is 0 Å². The van der Waals surface area contributed by atoms with Crippen LogP contribution < -0.4 is 10.0 Å². The Labute approximate surface area is 125 Å². The number of halogens is 1. The maximum Gasteiger partial charge on any atom is 0.252 e. The van der Waals surface area contributed by atoms with E-state index in [0.717, 1.165) is 4.73 Å². The number of pyridine rings is 2. The van der Waals surface area contributed by atoms with E-state index in [1.54, 1.807) is 37.3 Å². The van der Waals surface area contributed by atoms with Crippen molar-refractivity contribution in [3.8, 4) is 0 Å². The van der Waals surface area contributed by atoms with Gasteiger partial charge in [-0.25, -0.2) is 4.98 Å². The van der Waals surface area contributed by atoms with Crippen molar-refractivity contribution < 1.29 is 9.52 Å². The lowest BCUT2D eigenvalue weighted by molar-refractivity contribution is -0.645. The van der Waals surface area contributed by atoms with E-state index in [2.05, 4.69) is 10.3 Å². The molecule has 2 rings (SSSR count). The van der Waals surface area contributed by atoms with Crippen molar-refractivity contribution in [3.63, 3.8) is 0 Å². The van der Waals surface area contributed by atoms with Gasteiger partial charge in [-0.1, -0.05) is 11.6 Å². The second kappa shape index (κ2) is 6.58. The van der Waals surface area contributed by atoms with Crippen molar-refractivity contribution in [2.75, 3.05) is 5.32 Å². The molecule has 1 atom stereocenters. The topological polar surface area (TPSA) is 68.9 Å². The smallest absolute Gasteiger partial charge is 0.252 e. The summed E-state index contributed by atoms with van der Waals surface area (Å²) >= 11 is 6.90. The van der Waals surface area contributed by atoms with Crippen LogP contribution in [0, 0.1) is 5.21 Å². The first kappa shape index (κ1) is 14.6. The molecule has 7 heteroatoms. The molecule has 2 heterocycles. The standard InChI is InChI=1S/C13H12ClN3O2S/c1-9(20-12-4-2-3-7-17(12)19)13(18)16-11-6-5-10(14)8-15-11/h2-9H,1H3,(H,15,16,18). The van der Waals surface area contributed by atoms with E-state index in [9.17, 15) is 10.0 Å². The Morgan fingerprint density at radius 1 is 1.45 bits per heavy atom. The number of carbonyl (C=O) groups is 1. The second-order valence-corrected chi connectivity index (χ2v) is 5.77. The fourth-order valence-electron chi connectivity index (χ4n) is 1.42. The summed E-state index contributed by atoms with van der Waals surface area (Å²) in [6.45, 7) is 1.73. The van der Waals surface area contributed by atoms with E-state index in [1.165, 1.54) is 24.2 Å². The molecule has 0 spiro atoms. The van der Waals surface area contributed by atoms with Crippen molar-refractivity contribution in [2.45, 2.75) is 17.2 Å². The molecule has 0 saturated heterocycles. The minimum Gasteiger partial charge on any atom is -0.618 e. The molecule has 0 radical (unpaired) electrons. The van der Waals surface area contributed by atoms with E-state index >= 15 is 0 Å². The Hall–Kier alpha value is -1.79. The van der Waals surface area contributed by atoms with Gasteiger partial charge in [-0.15, -0.1) is 0 Å².